The molecule has 3 aliphatic rings. The Morgan fingerprint density at radius 2 is 2.00 bits per heavy atom. The molecule has 1 saturated carbocycles. The lowest BCUT2D eigenvalue weighted by atomic mass is 9.73. The lowest BCUT2D eigenvalue weighted by molar-refractivity contribution is -0.142. The Hall–Kier alpha value is -0.610. The molecule has 0 aromatic carbocycles. The average Bonchev–Trinajstić information content (AvgIpc) is 3.06. The van der Waals surface area contributed by atoms with Crippen molar-refractivity contribution in [2.24, 2.45) is 11.1 Å². The molecule has 2 atom stereocenters. The summed E-state index contributed by atoms with van der Waals surface area (Å²) in [5.41, 5.74) is 6.06. The molecule has 2 heterocycles. The minimum atomic E-state index is -0.215. The van der Waals surface area contributed by atoms with Crippen molar-refractivity contribution in [1.82, 2.24) is 4.90 Å². The van der Waals surface area contributed by atoms with Crippen LogP contribution in [0.2, 0.25) is 0 Å². The predicted molar refractivity (Wildman–Crippen MR) is 73.7 cm³/mol. The Labute approximate surface area is 115 Å². The molecule has 1 amide bonds. The second-order valence-corrected chi connectivity index (χ2v) is 6.63. The Bertz CT molecular complexity index is 339. The first-order valence-corrected chi connectivity index (χ1v) is 7.87. The fourth-order valence-electron chi connectivity index (χ4n) is 4.10. The molecule has 108 valence electrons. The summed E-state index contributed by atoms with van der Waals surface area (Å²) in [6.07, 6.45) is 9.56. The van der Waals surface area contributed by atoms with Crippen molar-refractivity contribution >= 4 is 5.91 Å². The molecular formula is C15H26N2O2. The normalized spacial score (nSPS) is 34.1. The van der Waals surface area contributed by atoms with Gasteiger partial charge < -0.3 is 15.4 Å². The summed E-state index contributed by atoms with van der Waals surface area (Å²) in [6, 6.07) is 0. The predicted octanol–water partition coefficient (Wildman–Crippen LogP) is 1.68. The van der Waals surface area contributed by atoms with Crippen molar-refractivity contribution in [3.8, 4) is 0 Å². The van der Waals surface area contributed by atoms with Crippen LogP contribution in [0.15, 0.2) is 0 Å². The number of hydrogen-bond acceptors (Lipinski definition) is 3. The maximum absolute atomic E-state index is 12.5. The van der Waals surface area contributed by atoms with Crippen LogP contribution in [0, 0.1) is 5.41 Å². The topological polar surface area (TPSA) is 55.6 Å². The van der Waals surface area contributed by atoms with E-state index in [4.69, 9.17) is 10.5 Å². The zero-order valence-corrected chi connectivity index (χ0v) is 11.8. The molecule has 3 fully saturated rings. The van der Waals surface area contributed by atoms with Crippen LogP contribution < -0.4 is 5.73 Å². The standard InChI is InChI=1S/C15H26N2O2/c16-10-12-4-5-13(19-12)14(18)17-9-8-15(11-17)6-2-1-3-7-15/h12-13H,1-11,16H2/t12-,13+/m1/s1. The highest BCUT2D eigenvalue weighted by molar-refractivity contribution is 5.81. The van der Waals surface area contributed by atoms with E-state index in [1.54, 1.807) is 0 Å². The zero-order chi connectivity index (χ0) is 13.3. The molecule has 0 unspecified atom stereocenters. The third kappa shape index (κ3) is 2.65. The highest BCUT2D eigenvalue weighted by Crippen LogP contribution is 2.44. The maximum Gasteiger partial charge on any atom is 0.251 e. The Morgan fingerprint density at radius 3 is 2.68 bits per heavy atom. The van der Waals surface area contributed by atoms with Gasteiger partial charge in [-0.1, -0.05) is 19.3 Å². The van der Waals surface area contributed by atoms with E-state index in [2.05, 4.69) is 4.90 Å². The number of hydrogen-bond donors (Lipinski definition) is 1. The second kappa shape index (κ2) is 5.41. The van der Waals surface area contributed by atoms with Crippen molar-refractivity contribution in [2.75, 3.05) is 19.6 Å². The molecule has 1 aliphatic carbocycles. The van der Waals surface area contributed by atoms with Gasteiger partial charge in [0.2, 0.25) is 0 Å². The van der Waals surface area contributed by atoms with Gasteiger partial charge in [-0.2, -0.15) is 0 Å². The molecule has 4 nitrogen and oxygen atoms in total. The fourth-order valence-corrected chi connectivity index (χ4v) is 4.10. The van der Waals surface area contributed by atoms with Crippen LogP contribution in [0.3, 0.4) is 0 Å². The average molecular weight is 266 g/mol. The molecule has 0 aromatic heterocycles. The number of carbonyl (C=O) groups is 1. The van der Waals surface area contributed by atoms with Gasteiger partial charge in [0.1, 0.15) is 6.10 Å². The first-order chi connectivity index (χ1) is 9.22. The largest absolute Gasteiger partial charge is 0.364 e. The summed E-state index contributed by atoms with van der Waals surface area (Å²) < 4.78 is 5.74. The number of amides is 1. The minimum Gasteiger partial charge on any atom is -0.364 e. The second-order valence-electron chi connectivity index (χ2n) is 6.63. The van der Waals surface area contributed by atoms with Gasteiger partial charge in [0.15, 0.2) is 0 Å². The molecule has 19 heavy (non-hydrogen) atoms. The van der Waals surface area contributed by atoms with Crippen LogP contribution in [-0.4, -0.2) is 42.6 Å². The highest BCUT2D eigenvalue weighted by Gasteiger charge is 2.43. The number of ether oxygens (including phenoxy) is 1. The lowest BCUT2D eigenvalue weighted by Gasteiger charge is -2.33. The van der Waals surface area contributed by atoms with Crippen LogP contribution in [-0.2, 0) is 9.53 Å². The first kappa shape index (κ1) is 13.4. The summed E-state index contributed by atoms with van der Waals surface area (Å²) in [5.74, 6) is 0.221. The van der Waals surface area contributed by atoms with Gasteiger partial charge in [-0.3, -0.25) is 4.79 Å². The molecule has 4 heteroatoms. The smallest absolute Gasteiger partial charge is 0.251 e. The van der Waals surface area contributed by atoms with Gasteiger partial charge in [-0.25, -0.2) is 0 Å². The SMILES string of the molecule is NC[C@H]1CC[C@@H](C(=O)N2CCC3(CCCCC3)C2)O1. The van der Waals surface area contributed by atoms with Crippen LogP contribution in [0.25, 0.3) is 0 Å². The van der Waals surface area contributed by atoms with Crippen LogP contribution in [0.1, 0.15) is 51.4 Å². The zero-order valence-electron chi connectivity index (χ0n) is 11.8. The minimum absolute atomic E-state index is 0.0974. The third-order valence-corrected chi connectivity index (χ3v) is 5.31. The summed E-state index contributed by atoms with van der Waals surface area (Å²) in [7, 11) is 0. The molecular weight excluding hydrogens is 240 g/mol. The van der Waals surface area contributed by atoms with Crippen molar-refractivity contribution in [3.63, 3.8) is 0 Å². The van der Waals surface area contributed by atoms with Gasteiger partial charge in [-0.05, 0) is 37.5 Å². The van der Waals surface area contributed by atoms with Crippen molar-refractivity contribution < 1.29 is 9.53 Å². The van der Waals surface area contributed by atoms with Gasteiger partial charge in [0, 0.05) is 19.6 Å². The highest BCUT2D eigenvalue weighted by atomic mass is 16.5. The van der Waals surface area contributed by atoms with E-state index in [0.29, 0.717) is 12.0 Å². The molecule has 0 aromatic rings. The molecule has 2 saturated heterocycles. The van der Waals surface area contributed by atoms with Gasteiger partial charge in [-0.15, -0.1) is 0 Å². The molecule has 2 aliphatic heterocycles. The van der Waals surface area contributed by atoms with Crippen LogP contribution in [0.4, 0.5) is 0 Å². The maximum atomic E-state index is 12.5. The van der Waals surface area contributed by atoms with E-state index in [1.165, 1.54) is 38.5 Å². The summed E-state index contributed by atoms with van der Waals surface area (Å²) in [5, 5.41) is 0. The monoisotopic (exact) mass is 266 g/mol. The van der Waals surface area contributed by atoms with Gasteiger partial charge >= 0.3 is 0 Å². The van der Waals surface area contributed by atoms with Crippen LogP contribution in [0.5, 0.6) is 0 Å². The van der Waals surface area contributed by atoms with E-state index in [1.807, 2.05) is 0 Å². The van der Waals surface area contributed by atoms with E-state index in [0.717, 1.165) is 25.9 Å². The Kier molecular flexibility index (Phi) is 3.81. The number of carbonyl (C=O) groups excluding carboxylic acids is 1. The summed E-state index contributed by atoms with van der Waals surface area (Å²) in [6.45, 7) is 2.44. The molecule has 0 radical (unpaired) electrons. The van der Waals surface area contributed by atoms with Crippen LogP contribution >= 0.6 is 0 Å². The van der Waals surface area contributed by atoms with E-state index in [9.17, 15) is 4.79 Å². The third-order valence-electron chi connectivity index (χ3n) is 5.31. The van der Waals surface area contributed by atoms with Gasteiger partial charge in [0.05, 0.1) is 6.10 Å². The van der Waals surface area contributed by atoms with Crippen molar-refractivity contribution in [1.29, 1.82) is 0 Å². The van der Waals surface area contributed by atoms with E-state index in [-0.39, 0.29) is 18.1 Å². The summed E-state index contributed by atoms with van der Waals surface area (Å²) in [4.78, 5) is 14.6. The fraction of sp³-hybridized carbons (Fsp3) is 0.933. The molecule has 1 spiro atoms. The van der Waals surface area contributed by atoms with E-state index >= 15 is 0 Å². The van der Waals surface area contributed by atoms with Crippen molar-refractivity contribution in [2.45, 2.75) is 63.6 Å². The quantitative estimate of drug-likeness (QED) is 0.827. The Morgan fingerprint density at radius 1 is 1.21 bits per heavy atom. The number of nitrogens with two attached hydrogens (primary N) is 1. The Balaban J connectivity index is 1.57. The van der Waals surface area contributed by atoms with E-state index < -0.39 is 0 Å². The summed E-state index contributed by atoms with van der Waals surface area (Å²) >= 11 is 0. The number of nitrogens with zero attached hydrogens (tertiary/aromatic N) is 1. The molecule has 0 bridgehead atoms. The first-order valence-electron chi connectivity index (χ1n) is 7.87. The lowest BCUT2D eigenvalue weighted by Crippen LogP contribution is -2.40. The molecule has 3 rings (SSSR count). The van der Waals surface area contributed by atoms with Crippen molar-refractivity contribution in [3.05, 3.63) is 0 Å². The molecule has 2 N–H and O–H groups in total. The van der Waals surface area contributed by atoms with Gasteiger partial charge in [0.25, 0.3) is 5.91 Å². The number of rotatable bonds is 2. The number of likely N-dealkylation sites (tertiary alicyclic amines) is 1.